The minimum atomic E-state index is -0.769. The van der Waals surface area contributed by atoms with E-state index in [9.17, 15) is 14.7 Å². The molecule has 1 fully saturated rings. The lowest BCUT2D eigenvalue weighted by Crippen LogP contribution is -2.40. The Kier molecular flexibility index (Phi) is 5.41. The van der Waals surface area contributed by atoms with Crippen LogP contribution in [0, 0.1) is 5.41 Å². The Bertz CT molecular complexity index is 744. The monoisotopic (exact) mass is 342 g/mol. The maximum atomic E-state index is 12.3. The molecule has 1 heterocycles. The van der Waals surface area contributed by atoms with Crippen molar-refractivity contribution in [3.63, 3.8) is 0 Å². The maximum Gasteiger partial charge on any atom is 0.303 e. The van der Waals surface area contributed by atoms with Crippen molar-refractivity contribution < 1.29 is 14.7 Å². The molecule has 1 aliphatic rings. The Balaban J connectivity index is 1.54. The number of aryl methyl sites for hydroxylation is 1. The van der Waals surface area contributed by atoms with Crippen LogP contribution in [0.4, 0.5) is 0 Å². The second-order valence-corrected chi connectivity index (χ2v) is 7.27. The first-order chi connectivity index (χ1) is 12.1. The van der Waals surface area contributed by atoms with Crippen LogP contribution in [-0.2, 0) is 16.0 Å². The summed E-state index contributed by atoms with van der Waals surface area (Å²) in [7, 11) is 0. The third kappa shape index (κ3) is 4.41. The Labute approximate surface area is 147 Å². The lowest BCUT2D eigenvalue weighted by Gasteiger charge is -2.36. The molecule has 0 radical (unpaired) electrons. The number of aromatic nitrogens is 1. The van der Waals surface area contributed by atoms with Crippen molar-refractivity contribution in [2.24, 2.45) is 5.41 Å². The first kappa shape index (κ1) is 17.5. The Hall–Kier alpha value is -2.30. The average Bonchev–Trinajstić information content (AvgIpc) is 3.02. The van der Waals surface area contributed by atoms with E-state index in [1.165, 1.54) is 0 Å². The van der Waals surface area contributed by atoms with Crippen LogP contribution in [0.15, 0.2) is 30.5 Å². The van der Waals surface area contributed by atoms with E-state index in [1.54, 1.807) is 0 Å². The van der Waals surface area contributed by atoms with Crippen LogP contribution in [0.3, 0.4) is 0 Å². The van der Waals surface area contributed by atoms with Crippen LogP contribution in [0.2, 0.25) is 0 Å². The molecule has 1 aromatic carbocycles. The number of carbonyl (C=O) groups excluding carboxylic acids is 1. The van der Waals surface area contributed by atoms with E-state index in [0.717, 1.165) is 48.6 Å². The topological polar surface area (TPSA) is 82.2 Å². The highest BCUT2D eigenvalue weighted by molar-refractivity contribution is 5.84. The zero-order valence-electron chi connectivity index (χ0n) is 14.5. The van der Waals surface area contributed by atoms with Gasteiger partial charge in [0.05, 0.1) is 6.42 Å². The van der Waals surface area contributed by atoms with Gasteiger partial charge in [-0.2, -0.15) is 0 Å². The molecule has 1 amide bonds. The number of hydrogen-bond acceptors (Lipinski definition) is 2. The number of nitrogens with one attached hydrogen (secondary N) is 2. The Morgan fingerprint density at radius 3 is 2.68 bits per heavy atom. The van der Waals surface area contributed by atoms with Crippen molar-refractivity contribution in [3.05, 3.63) is 36.0 Å². The highest BCUT2D eigenvalue weighted by Crippen LogP contribution is 2.38. The highest BCUT2D eigenvalue weighted by atomic mass is 16.4. The summed E-state index contributed by atoms with van der Waals surface area (Å²) in [5.41, 5.74) is 1.96. The second-order valence-electron chi connectivity index (χ2n) is 7.27. The Morgan fingerprint density at radius 2 is 1.92 bits per heavy atom. The molecule has 1 saturated carbocycles. The van der Waals surface area contributed by atoms with Crippen molar-refractivity contribution in [1.82, 2.24) is 10.3 Å². The van der Waals surface area contributed by atoms with Gasteiger partial charge in [-0.3, -0.25) is 9.59 Å². The van der Waals surface area contributed by atoms with Gasteiger partial charge in [-0.15, -0.1) is 0 Å². The van der Waals surface area contributed by atoms with Crippen LogP contribution in [0.1, 0.15) is 50.5 Å². The molecule has 134 valence electrons. The molecule has 0 atom stereocenters. The van der Waals surface area contributed by atoms with Gasteiger partial charge in [0.1, 0.15) is 0 Å². The SMILES string of the molecule is O=C(O)CC1(CNC(=O)CCc2c[nH]c3ccccc23)CCCCC1. The summed E-state index contributed by atoms with van der Waals surface area (Å²) in [6, 6.07) is 8.07. The van der Waals surface area contributed by atoms with E-state index in [1.807, 2.05) is 24.4 Å². The number of aliphatic carboxylic acids is 1. The average molecular weight is 342 g/mol. The van der Waals surface area contributed by atoms with Crippen molar-refractivity contribution in [1.29, 1.82) is 0 Å². The van der Waals surface area contributed by atoms with Crippen LogP contribution >= 0.6 is 0 Å². The zero-order valence-corrected chi connectivity index (χ0v) is 14.5. The van der Waals surface area contributed by atoms with Gasteiger partial charge in [-0.1, -0.05) is 37.5 Å². The summed E-state index contributed by atoms with van der Waals surface area (Å²) in [6.07, 6.45) is 8.27. The summed E-state index contributed by atoms with van der Waals surface area (Å²) < 4.78 is 0. The first-order valence-corrected chi connectivity index (χ1v) is 9.11. The predicted molar refractivity (Wildman–Crippen MR) is 97.4 cm³/mol. The van der Waals surface area contributed by atoms with Gasteiger partial charge in [0.2, 0.25) is 5.91 Å². The largest absolute Gasteiger partial charge is 0.481 e. The quantitative estimate of drug-likeness (QED) is 0.718. The molecule has 0 aliphatic heterocycles. The molecule has 0 bridgehead atoms. The number of rotatable bonds is 7. The number of fused-ring (bicyclic) bond motifs is 1. The summed E-state index contributed by atoms with van der Waals surface area (Å²) in [4.78, 5) is 26.7. The van der Waals surface area contributed by atoms with Gasteiger partial charge in [-0.25, -0.2) is 0 Å². The van der Waals surface area contributed by atoms with Crippen LogP contribution < -0.4 is 5.32 Å². The molecular formula is C20H26N2O3. The van der Waals surface area contributed by atoms with E-state index < -0.39 is 5.97 Å². The molecule has 5 heteroatoms. The van der Waals surface area contributed by atoms with Crippen molar-refractivity contribution in [2.45, 2.75) is 51.4 Å². The number of benzene rings is 1. The van der Waals surface area contributed by atoms with Crippen molar-refractivity contribution >= 4 is 22.8 Å². The molecule has 3 N–H and O–H groups in total. The van der Waals surface area contributed by atoms with Crippen LogP contribution in [0.5, 0.6) is 0 Å². The molecule has 25 heavy (non-hydrogen) atoms. The molecule has 0 unspecified atom stereocenters. The number of carboxylic acid groups (broad SMARTS) is 1. The number of para-hydroxylation sites is 1. The summed E-state index contributed by atoms with van der Waals surface area (Å²) in [5, 5.41) is 13.4. The van der Waals surface area contributed by atoms with Gasteiger partial charge in [0.15, 0.2) is 0 Å². The predicted octanol–water partition coefficient (Wildman–Crippen LogP) is 3.64. The fraction of sp³-hybridized carbons (Fsp3) is 0.500. The van der Waals surface area contributed by atoms with E-state index >= 15 is 0 Å². The lowest BCUT2D eigenvalue weighted by molar-refractivity contribution is -0.140. The lowest BCUT2D eigenvalue weighted by atomic mass is 9.71. The van der Waals surface area contributed by atoms with Crippen LogP contribution in [0.25, 0.3) is 10.9 Å². The normalized spacial score (nSPS) is 16.6. The maximum absolute atomic E-state index is 12.3. The minimum Gasteiger partial charge on any atom is -0.481 e. The summed E-state index contributed by atoms with van der Waals surface area (Å²) in [6.45, 7) is 0.478. The summed E-state index contributed by atoms with van der Waals surface area (Å²) >= 11 is 0. The third-order valence-electron chi connectivity index (χ3n) is 5.40. The fourth-order valence-electron chi connectivity index (χ4n) is 4.00. The van der Waals surface area contributed by atoms with Gasteiger partial charge in [0.25, 0.3) is 0 Å². The van der Waals surface area contributed by atoms with E-state index in [-0.39, 0.29) is 17.7 Å². The number of hydrogen-bond donors (Lipinski definition) is 3. The first-order valence-electron chi connectivity index (χ1n) is 9.11. The fourth-order valence-corrected chi connectivity index (χ4v) is 4.00. The molecule has 2 aromatic rings. The van der Waals surface area contributed by atoms with E-state index in [0.29, 0.717) is 19.4 Å². The minimum absolute atomic E-state index is 0.000573. The van der Waals surface area contributed by atoms with Crippen molar-refractivity contribution in [3.8, 4) is 0 Å². The third-order valence-corrected chi connectivity index (χ3v) is 5.40. The van der Waals surface area contributed by atoms with Crippen molar-refractivity contribution in [2.75, 3.05) is 6.54 Å². The number of H-pyrrole nitrogens is 1. The standard InChI is InChI=1S/C20H26N2O3/c23-18(9-8-15-13-21-17-7-3-2-6-16(15)17)22-14-20(12-19(24)25)10-4-1-5-11-20/h2-3,6-7,13,21H,1,4-5,8-12,14H2,(H,22,23)(H,24,25). The second kappa shape index (κ2) is 7.72. The van der Waals surface area contributed by atoms with Gasteiger partial charge < -0.3 is 15.4 Å². The van der Waals surface area contributed by atoms with E-state index in [4.69, 9.17) is 0 Å². The van der Waals surface area contributed by atoms with E-state index in [2.05, 4.69) is 16.4 Å². The number of aromatic amines is 1. The molecule has 0 saturated heterocycles. The molecule has 1 aromatic heterocycles. The number of carbonyl (C=O) groups is 2. The molecule has 3 rings (SSSR count). The molecule has 0 spiro atoms. The van der Waals surface area contributed by atoms with Gasteiger partial charge >= 0.3 is 5.97 Å². The highest BCUT2D eigenvalue weighted by Gasteiger charge is 2.34. The molecule has 5 nitrogen and oxygen atoms in total. The smallest absolute Gasteiger partial charge is 0.303 e. The Morgan fingerprint density at radius 1 is 1.16 bits per heavy atom. The van der Waals surface area contributed by atoms with Gasteiger partial charge in [0, 0.05) is 30.1 Å². The summed E-state index contributed by atoms with van der Waals surface area (Å²) in [5.74, 6) is -0.768. The molecule has 1 aliphatic carbocycles. The zero-order chi connectivity index (χ0) is 17.7. The number of carboxylic acids is 1. The van der Waals surface area contributed by atoms with Gasteiger partial charge in [-0.05, 0) is 36.3 Å². The molecular weight excluding hydrogens is 316 g/mol. The number of amides is 1. The van der Waals surface area contributed by atoms with Crippen LogP contribution in [-0.4, -0.2) is 28.5 Å².